The highest BCUT2D eigenvalue weighted by atomic mass is 16.4. The number of rotatable bonds is 8. The van der Waals surface area contributed by atoms with E-state index in [1.165, 1.54) is 0 Å². The van der Waals surface area contributed by atoms with E-state index in [1.54, 1.807) is 6.07 Å². The van der Waals surface area contributed by atoms with Crippen LogP contribution in [0.2, 0.25) is 0 Å². The van der Waals surface area contributed by atoms with Gasteiger partial charge in [-0.15, -0.1) is 0 Å². The summed E-state index contributed by atoms with van der Waals surface area (Å²) < 4.78 is 0. The number of benzene rings is 1. The molecule has 0 aromatic heterocycles. The number of hydrogen-bond acceptors (Lipinski definition) is 5. The van der Waals surface area contributed by atoms with Gasteiger partial charge in [-0.25, -0.2) is 0 Å². The molecule has 1 aromatic carbocycles. The summed E-state index contributed by atoms with van der Waals surface area (Å²) in [5, 5.41) is 30.3. The Morgan fingerprint density at radius 1 is 1.40 bits per heavy atom. The predicted octanol–water partition coefficient (Wildman–Crippen LogP) is -0.119. The maximum Gasteiger partial charge on any atom is 0.475 e. The molecule has 0 saturated carbocycles. The molecule has 8 heteroatoms. The average molecular weight is 343 g/mol. The zero-order valence-corrected chi connectivity index (χ0v) is 14.4. The van der Waals surface area contributed by atoms with E-state index in [4.69, 9.17) is 5.26 Å². The van der Waals surface area contributed by atoms with Crippen molar-refractivity contribution in [3.05, 3.63) is 47.5 Å². The summed E-state index contributed by atoms with van der Waals surface area (Å²) >= 11 is 0. The third-order valence-electron chi connectivity index (χ3n) is 3.82. The topological polar surface area (TPSA) is 114 Å². The van der Waals surface area contributed by atoms with E-state index in [-0.39, 0.29) is 19.5 Å². The summed E-state index contributed by atoms with van der Waals surface area (Å²) in [7, 11) is -1.76. The third kappa shape index (κ3) is 6.41. The molecule has 132 valence electrons. The zero-order valence-electron chi connectivity index (χ0n) is 14.4. The number of nitrogens with one attached hydrogen (secondary N) is 1. The van der Waals surface area contributed by atoms with Crippen molar-refractivity contribution in [1.29, 1.82) is 5.26 Å². The van der Waals surface area contributed by atoms with Crippen LogP contribution in [0.3, 0.4) is 0 Å². The van der Waals surface area contributed by atoms with Gasteiger partial charge in [0.2, 0.25) is 11.8 Å². The van der Waals surface area contributed by atoms with Gasteiger partial charge in [0.15, 0.2) is 0 Å². The molecule has 0 aliphatic rings. The molecule has 1 aromatic rings. The maximum absolute atomic E-state index is 12.1. The second-order valence-electron chi connectivity index (χ2n) is 5.77. The summed E-state index contributed by atoms with van der Waals surface area (Å²) in [5.41, 5.74) is 3.02. The molecule has 0 aliphatic heterocycles. The highest BCUT2D eigenvalue weighted by Crippen LogP contribution is 2.12. The zero-order chi connectivity index (χ0) is 19.0. The molecule has 3 N–H and O–H groups in total. The first-order valence-corrected chi connectivity index (χ1v) is 7.78. The van der Waals surface area contributed by atoms with Crippen molar-refractivity contribution >= 4 is 18.9 Å². The summed E-state index contributed by atoms with van der Waals surface area (Å²) in [5.74, 6) is -2.07. The number of hydrogen-bond donors (Lipinski definition) is 3. The summed E-state index contributed by atoms with van der Waals surface area (Å²) in [4.78, 5) is 24.7. The number of carbonyl (C=O) groups excluding carboxylic acids is 2. The first kappa shape index (κ1) is 20.4. The minimum Gasteiger partial charge on any atom is -0.426 e. The van der Waals surface area contributed by atoms with Gasteiger partial charge in [-0.05, 0) is 43.0 Å². The molecule has 0 radical (unpaired) electrons. The van der Waals surface area contributed by atoms with Crippen LogP contribution < -0.4 is 5.32 Å². The molecule has 0 bridgehead atoms. The van der Waals surface area contributed by atoms with Crippen molar-refractivity contribution in [2.75, 3.05) is 13.1 Å². The molecule has 0 heterocycles. The van der Waals surface area contributed by atoms with Gasteiger partial charge in [-0.1, -0.05) is 24.8 Å². The minimum atomic E-state index is -1.76. The Hall–Kier alpha value is -2.63. The van der Waals surface area contributed by atoms with Gasteiger partial charge in [0, 0.05) is 0 Å². The molecule has 0 aliphatic carbocycles. The van der Waals surface area contributed by atoms with Gasteiger partial charge in [0.1, 0.15) is 13.1 Å². The van der Waals surface area contributed by atoms with E-state index in [0.29, 0.717) is 0 Å². The molecule has 2 amide bonds. The van der Waals surface area contributed by atoms with Gasteiger partial charge in [-0.3, -0.25) is 9.59 Å². The van der Waals surface area contributed by atoms with Crippen LogP contribution in [-0.4, -0.2) is 52.9 Å². The van der Waals surface area contributed by atoms with E-state index in [9.17, 15) is 19.6 Å². The molecule has 7 nitrogen and oxygen atoms in total. The van der Waals surface area contributed by atoms with Crippen molar-refractivity contribution in [1.82, 2.24) is 10.2 Å². The Bertz CT molecular complexity index is 685. The summed E-state index contributed by atoms with van der Waals surface area (Å²) in [6, 6.07) is 7.49. The molecular weight excluding hydrogens is 321 g/mol. The van der Waals surface area contributed by atoms with Gasteiger partial charge in [-0.2, -0.15) is 5.26 Å². The number of amides is 2. The summed E-state index contributed by atoms with van der Waals surface area (Å²) in [6.45, 7) is 6.61. The second kappa shape index (κ2) is 9.62. The van der Waals surface area contributed by atoms with Crippen LogP contribution in [0.15, 0.2) is 30.9 Å². The highest BCUT2D eigenvalue weighted by molar-refractivity contribution is 6.43. The van der Waals surface area contributed by atoms with Crippen molar-refractivity contribution < 1.29 is 19.6 Å². The van der Waals surface area contributed by atoms with E-state index in [2.05, 4.69) is 11.9 Å². The normalized spacial score (nSPS) is 11.2. The van der Waals surface area contributed by atoms with Gasteiger partial charge >= 0.3 is 7.12 Å². The number of carbonyl (C=O) groups is 2. The SMILES string of the molecule is C=CC(=O)N(CC#N)CC(=O)N[C@@H](Cc1ccc(C)c(C)c1)B(O)O. The number of nitrogens with zero attached hydrogens (tertiary/aromatic N) is 2. The van der Waals surface area contributed by atoms with E-state index >= 15 is 0 Å². The van der Waals surface area contributed by atoms with Crippen LogP contribution in [-0.2, 0) is 16.0 Å². The second-order valence-corrected chi connectivity index (χ2v) is 5.77. The van der Waals surface area contributed by atoms with Crippen molar-refractivity contribution in [3.63, 3.8) is 0 Å². The largest absolute Gasteiger partial charge is 0.475 e. The fourth-order valence-electron chi connectivity index (χ4n) is 2.27. The molecule has 1 rings (SSSR count). The lowest BCUT2D eigenvalue weighted by molar-refractivity contribution is -0.132. The lowest BCUT2D eigenvalue weighted by atomic mass is 9.75. The lowest BCUT2D eigenvalue weighted by Crippen LogP contribution is -2.51. The van der Waals surface area contributed by atoms with Crippen LogP contribution in [0.25, 0.3) is 0 Å². The molecule has 0 spiro atoms. The van der Waals surface area contributed by atoms with Crippen LogP contribution in [0.4, 0.5) is 0 Å². The quantitative estimate of drug-likeness (QED) is 0.346. The van der Waals surface area contributed by atoms with Gasteiger partial charge < -0.3 is 20.3 Å². The summed E-state index contributed by atoms with van der Waals surface area (Å²) in [6.07, 6.45) is 1.23. The van der Waals surface area contributed by atoms with E-state index in [0.717, 1.165) is 27.7 Å². The van der Waals surface area contributed by atoms with Crippen molar-refractivity contribution in [3.8, 4) is 6.07 Å². The van der Waals surface area contributed by atoms with Crippen LogP contribution >= 0.6 is 0 Å². The fourth-order valence-corrected chi connectivity index (χ4v) is 2.27. The molecule has 0 unspecified atom stereocenters. The van der Waals surface area contributed by atoms with Crippen molar-refractivity contribution in [2.24, 2.45) is 0 Å². The lowest BCUT2D eigenvalue weighted by Gasteiger charge is -2.21. The van der Waals surface area contributed by atoms with Gasteiger partial charge in [0.05, 0.1) is 12.0 Å². The first-order chi connectivity index (χ1) is 11.8. The molecular formula is C17H22BN3O4. The van der Waals surface area contributed by atoms with Crippen molar-refractivity contribution in [2.45, 2.75) is 26.2 Å². The first-order valence-electron chi connectivity index (χ1n) is 7.78. The molecule has 0 fully saturated rings. The molecule has 1 atom stereocenters. The minimum absolute atomic E-state index is 0.220. The Kier molecular flexibility index (Phi) is 7.86. The predicted molar refractivity (Wildman–Crippen MR) is 94.1 cm³/mol. The smallest absolute Gasteiger partial charge is 0.426 e. The van der Waals surface area contributed by atoms with E-state index in [1.807, 2.05) is 32.0 Å². The Morgan fingerprint density at radius 3 is 2.60 bits per heavy atom. The standard InChI is InChI=1S/C17H22BN3O4/c1-4-17(23)21(8-7-19)11-16(22)20-15(18(24)25)10-14-6-5-12(2)13(3)9-14/h4-6,9,15,24-25H,1,8,10-11H2,2-3H3,(H,20,22)/t15-/m0/s1. The maximum atomic E-state index is 12.1. The van der Waals surface area contributed by atoms with Crippen LogP contribution in [0, 0.1) is 25.2 Å². The molecule has 0 saturated heterocycles. The van der Waals surface area contributed by atoms with Crippen LogP contribution in [0.5, 0.6) is 0 Å². The van der Waals surface area contributed by atoms with E-state index < -0.39 is 24.9 Å². The average Bonchev–Trinajstić information content (AvgIpc) is 2.56. The fraction of sp³-hybridized carbons (Fsp3) is 0.353. The molecule has 25 heavy (non-hydrogen) atoms. The third-order valence-corrected chi connectivity index (χ3v) is 3.82. The van der Waals surface area contributed by atoms with Gasteiger partial charge in [0.25, 0.3) is 0 Å². The Morgan fingerprint density at radius 2 is 2.08 bits per heavy atom. The monoisotopic (exact) mass is 343 g/mol. The Labute approximate surface area is 147 Å². The van der Waals surface area contributed by atoms with Crippen LogP contribution in [0.1, 0.15) is 16.7 Å². The highest BCUT2D eigenvalue weighted by Gasteiger charge is 2.26. The number of aryl methyl sites for hydroxylation is 2. The Balaban J connectivity index is 2.78. The number of nitriles is 1.